The lowest BCUT2D eigenvalue weighted by molar-refractivity contribution is -0.156. The average Bonchev–Trinajstić information content (AvgIpc) is 1.91. The molecule has 0 amide bonds. The lowest BCUT2D eigenvalue weighted by Crippen LogP contribution is -2.41. The van der Waals surface area contributed by atoms with E-state index in [1.807, 2.05) is 0 Å². The number of hydrogen-bond acceptors (Lipinski definition) is 2. The largest absolute Gasteiger partial charge is 0.462 e. The standard InChI is InChI=1S/C10H16O2/c1-7(11)12-10-4-2-3-8-5-6-9(8)10/h8-10H,2-6H2,1H3. The van der Waals surface area contributed by atoms with E-state index in [-0.39, 0.29) is 12.1 Å². The average molecular weight is 168 g/mol. The van der Waals surface area contributed by atoms with E-state index in [0.717, 1.165) is 12.3 Å². The fourth-order valence-corrected chi connectivity index (χ4v) is 2.60. The van der Waals surface area contributed by atoms with E-state index in [9.17, 15) is 4.79 Å². The number of carbonyl (C=O) groups is 1. The van der Waals surface area contributed by atoms with Crippen LogP contribution in [0.4, 0.5) is 0 Å². The highest BCUT2D eigenvalue weighted by Gasteiger charge is 2.40. The Labute approximate surface area is 73.3 Å². The first-order valence-corrected chi connectivity index (χ1v) is 4.94. The molecule has 2 rings (SSSR count). The van der Waals surface area contributed by atoms with E-state index in [1.54, 1.807) is 0 Å². The molecule has 0 bridgehead atoms. The maximum atomic E-state index is 10.8. The van der Waals surface area contributed by atoms with Gasteiger partial charge in [0.05, 0.1) is 0 Å². The molecule has 0 aromatic heterocycles. The first-order valence-electron chi connectivity index (χ1n) is 4.94. The van der Waals surface area contributed by atoms with Gasteiger partial charge >= 0.3 is 5.97 Å². The van der Waals surface area contributed by atoms with Crippen LogP contribution in [0.15, 0.2) is 0 Å². The Bertz CT molecular complexity index is 188. The highest BCUT2D eigenvalue weighted by Crippen LogP contribution is 2.45. The Morgan fingerprint density at radius 2 is 2.08 bits per heavy atom. The summed E-state index contributed by atoms with van der Waals surface area (Å²) in [4.78, 5) is 10.8. The molecule has 0 spiro atoms. The second-order valence-electron chi connectivity index (χ2n) is 4.08. The van der Waals surface area contributed by atoms with Gasteiger partial charge in [0, 0.05) is 6.92 Å². The Kier molecular flexibility index (Phi) is 2.07. The maximum Gasteiger partial charge on any atom is 0.302 e. The number of esters is 1. The zero-order valence-electron chi connectivity index (χ0n) is 7.58. The third kappa shape index (κ3) is 1.35. The molecular formula is C10H16O2. The Balaban J connectivity index is 1.91. The molecule has 0 N–H and O–H groups in total. The summed E-state index contributed by atoms with van der Waals surface area (Å²) in [5.74, 6) is 1.48. The van der Waals surface area contributed by atoms with Crippen molar-refractivity contribution in [3.05, 3.63) is 0 Å². The molecule has 2 fully saturated rings. The number of ether oxygens (including phenoxy) is 1. The summed E-state index contributed by atoms with van der Waals surface area (Å²) in [7, 11) is 0. The van der Waals surface area contributed by atoms with Gasteiger partial charge in [-0.2, -0.15) is 0 Å². The van der Waals surface area contributed by atoms with Gasteiger partial charge in [-0.15, -0.1) is 0 Å². The van der Waals surface area contributed by atoms with Gasteiger partial charge in [0.1, 0.15) is 6.10 Å². The lowest BCUT2D eigenvalue weighted by Gasteiger charge is -2.45. The number of carbonyl (C=O) groups excluding carboxylic acids is 1. The summed E-state index contributed by atoms with van der Waals surface area (Å²) in [5.41, 5.74) is 0. The SMILES string of the molecule is CC(=O)OC1CCCC2CCC21. The normalized spacial score (nSPS) is 39.6. The van der Waals surface area contributed by atoms with Crippen LogP contribution >= 0.6 is 0 Å². The molecule has 0 radical (unpaired) electrons. The Morgan fingerprint density at radius 3 is 2.67 bits per heavy atom. The van der Waals surface area contributed by atoms with Crippen LogP contribution in [-0.2, 0) is 9.53 Å². The van der Waals surface area contributed by atoms with Gasteiger partial charge < -0.3 is 4.74 Å². The molecule has 2 saturated carbocycles. The molecule has 3 atom stereocenters. The molecule has 3 unspecified atom stereocenters. The molecule has 2 nitrogen and oxygen atoms in total. The van der Waals surface area contributed by atoms with Gasteiger partial charge in [0.15, 0.2) is 0 Å². The van der Waals surface area contributed by atoms with Crippen molar-refractivity contribution < 1.29 is 9.53 Å². The monoisotopic (exact) mass is 168 g/mol. The van der Waals surface area contributed by atoms with Crippen molar-refractivity contribution >= 4 is 5.97 Å². The number of rotatable bonds is 1. The zero-order chi connectivity index (χ0) is 8.55. The minimum Gasteiger partial charge on any atom is -0.462 e. The lowest BCUT2D eigenvalue weighted by atomic mass is 9.64. The van der Waals surface area contributed by atoms with E-state index in [0.29, 0.717) is 5.92 Å². The van der Waals surface area contributed by atoms with Gasteiger partial charge in [-0.25, -0.2) is 0 Å². The molecule has 0 aromatic rings. The predicted octanol–water partition coefficient (Wildman–Crippen LogP) is 2.13. The third-order valence-corrected chi connectivity index (χ3v) is 3.33. The Morgan fingerprint density at radius 1 is 1.25 bits per heavy atom. The van der Waals surface area contributed by atoms with Gasteiger partial charge in [-0.05, 0) is 43.9 Å². The molecule has 2 heteroatoms. The third-order valence-electron chi connectivity index (χ3n) is 3.33. The quantitative estimate of drug-likeness (QED) is 0.561. The second-order valence-corrected chi connectivity index (χ2v) is 4.08. The molecule has 12 heavy (non-hydrogen) atoms. The van der Waals surface area contributed by atoms with Gasteiger partial charge in [-0.1, -0.05) is 0 Å². The highest BCUT2D eigenvalue weighted by molar-refractivity contribution is 5.66. The first-order chi connectivity index (χ1) is 5.77. The van der Waals surface area contributed by atoms with Crippen molar-refractivity contribution in [2.75, 3.05) is 0 Å². The highest BCUT2D eigenvalue weighted by atomic mass is 16.5. The van der Waals surface area contributed by atoms with Crippen molar-refractivity contribution in [1.82, 2.24) is 0 Å². The minimum absolute atomic E-state index is 0.104. The van der Waals surface area contributed by atoms with Crippen LogP contribution in [0, 0.1) is 11.8 Å². The summed E-state index contributed by atoms with van der Waals surface area (Å²) in [6.07, 6.45) is 6.61. The van der Waals surface area contributed by atoms with Crippen molar-refractivity contribution in [2.45, 2.75) is 45.1 Å². The second kappa shape index (κ2) is 3.08. The van der Waals surface area contributed by atoms with Crippen LogP contribution in [-0.4, -0.2) is 12.1 Å². The summed E-state index contributed by atoms with van der Waals surface area (Å²) < 4.78 is 5.29. The molecule has 0 aromatic carbocycles. The van der Waals surface area contributed by atoms with E-state index in [4.69, 9.17) is 4.74 Å². The molecule has 2 aliphatic rings. The van der Waals surface area contributed by atoms with Crippen LogP contribution in [0.3, 0.4) is 0 Å². The topological polar surface area (TPSA) is 26.3 Å². The van der Waals surface area contributed by atoms with E-state index in [1.165, 1.54) is 32.6 Å². The van der Waals surface area contributed by atoms with Crippen LogP contribution in [0.1, 0.15) is 39.0 Å². The minimum atomic E-state index is -0.104. The maximum absolute atomic E-state index is 10.8. The van der Waals surface area contributed by atoms with Crippen LogP contribution < -0.4 is 0 Å². The van der Waals surface area contributed by atoms with Gasteiger partial charge in [0.2, 0.25) is 0 Å². The fraction of sp³-hybridized carbons (Fsp3) is 0.900. The van der Waals surface area contributed by atoms with E-state index >= 15 is 0 Å². The van der Waals surface area contributed by atoms with Crippen molar-refractivity contribution in [2.24, 2.45) is 11.8 Å². The van der Waals surface area contributed by atoms with Gasteiger partial charge in [-0.3, -0.25) is 4.79 Å². The molecule has 68 valence electrons. The number of hydrogen-bond donors (Lipinski definition) is 0. The van der Waals surface area contributed by atoms with E-state index in [2.05, 4.69) is 0 Å². The summed E-state index contributed by atoms with van der Waals surface area (Å²) >= 11 is 0. The smallest absolute Gasteiger partial charge is 0.302 e. The molecular weight excluding hydrogens is 152 g/mol. The van der Waals surface area contributed by atoms with Crippen LogP contribution in [0.5, 0.6) is 0 Å². The van der Waals surface area contributed by atoms with Crippen molar-refractivity contribution in [3.8, 4) is 0 Å². The molecule has 0 saturated heterocycles. The molecule has 2 aliphatic carbocycles. The fourth-order valence-electron chi connectivity index (χ4n) is 2.60. The van der Waals surface area contributed by atoms with E-state index < -0.39 is 0 Å². The van der Waals surface area contributed by atoms with Crippen molar-refractivity contribution in [1.29, 1.82) is 0 Å². The summed E-state index contributed by atoms with van der Waals surface area (Å²) in [5, 5.41) is 0. The summed E-state index contributed by atoms with van der Waals surface area (Å²) in [6.45, 7) is 1.52. The van der Waals surface area contributed by atoms with Gasteiger partial charge in [0.25, 0.3) is 0 Å². The summed E-state index contributed by atoms with van der Waals surface area (Å²) in [6, 6.07) is 0. The zero-order valence-corrected chi connectivity index (χ0v) is 7.58. The Hall–Kier alpha value is -0.530. The number of fused-ring (bicyclic) bond motifs is 1. The predicted molar refractivity (Wildman–Crippen MR) is 45.6 cm³/mol. The molecule has 0 aliphatic heterocycles. The first kappa shape index (κ1) is 8.09. The molecule has 0 heterocycles. The van der Waals surface area contributed by atoms with Crippen LogP contribution in [0.25, 0.3) is 0 Å². The van der Waals surface area contributed by atoms with Crippen LogP contribution in [0.2, 0.25) is 0 Å². The van der Waals surface area contributed by atoms with Crippen molar-refractivity contribution in [3.63, 3.8) is 0 Å².